The average Bonchev–Trinajstić information content (AvgIpc) is 2.80. The minimum atomic E-state index is -5.09. The molecule has 0 aliphatic carbocycles. The Labute approximate surface area is 126 Å². The number of carbonyl (C=O) groups is 1. The topological polar surface area (TPSA) is 79.2 Å². The molecule has 0 aromatic carbocycles. The monoisotopic (exact) mass is 348 g/mol. The molecule has 0 fully saturated rings. The van der Waals surface area contributed by atoms with Crippen molar-refractivity contribution in [3.8, 4) is 0 Å². The van der Waals surface area contributed by atoms with Crippen LogP contribution in [0.15, 0.2) is 12.4 Å². The van der Waals surface area contributed by atoms with Crippen molar-refractivity contribution in [3.63, 3.8) is 0 Å². The summed E-state index contributed by atoms with van der Waals surface area (Å²) >= 11 is 0. The lowest BCUT2D eigenvalue weighted by atomic mass is 9.97. The highest BCUT2D eigenvalue weighted by Gasteiger charge is 2.57. The van der Waals surface area contributed by atoms with E-state index < -0.39 is 49.3 Å². The Hall–Kier alpha value is -1.98. The van der Waals surface area contributed by atoms with Crippen LogP contribution in [0.3, 0.4) is 0 Å². The lowest BCUT2D eigenvalue weighted by Gasteiger charge is -2.29. The van der Waals surface area contributed by atoms with Gasteiger partial charge in [-0.25, -0.2) is 9.78 Å². The van der Waals surface area contributed by atoms with E-state index in [1.807, 2.05) is 5.32 Å². The van der Waals surface area contributed by atoms with E-state index in [0.717, 1.165) is 10.8 Å². The van der Waals surface area contributed by atoms with E-state index in [4.69, 9.17) is 0 Å². The van der Waals surface area contributed by atoms with Gasteiger partial charge in [0.25, 0.3) is 0 Å². The van der Waals surface area contributed by atoms with Crippen molar-refractivity contribution in [1.82, 2.24) is 20.2 Å². The number of aliphatic hydroxyl groups is 1. The van der Waals surface area contributed by atoms with Gasteiger partial charge in [0, 0.05) is 32.4 Å². The fraction of sp³-hybridized carbons (Fsp3) is 0.636. The summed E-state index contributed by atoms with van der Waals surface area (Å²) in [6, 6.07) is -1.30. The van der Waals surface area contributed by atoms with Gasteiger partial charge in [-0.1, -0.05) is 0 Å². The van der Waals surface area contributed by atoms with Crippen LogP contribution in [-0.2, 0) is 12.6 Å². The van der Waals surface area contributed by atoms with Gasteiger partial charge in [-0.15, -0.1) is 0 Å². The van der Waals surface area contributed by atoms with Crippen LogP contribution >= 0.6 is 0 Å². The molecule has 3 N–H and O–H groups in total. The molecule has 0 saturated carbocycles. The number of halogens is 6. The molecule has 0 aliphatic rings. The zero-order valence-corrected chi connectivity index (χ0v) is 11.8. The second-order valence-electron chi connectivity index (χ2n) is 4.69. The van der Waals surface area contributed by atoms with Crippen LogP contribution in [0.2, 0.25) is 0 Å². The molecule has 1 aromatic rings. The number of aryl methyl sites for hydroxylation is 1. The minimum Gasteiger partial charge on any atom is -0.374 e. The second-order valence-corrected chi connectivity index (χ2v) is 4.69. The molecule has 1 aromatic heterocycles. The summed E-state index contributed by atoms with van der Waals surface area (Å²) in [4.78, 5) is 14.5. The Bertz CT molecular complexity index is 541. The van der Waals surface area contributed by atoms with E-state index in [1.54, 1.807) is 0 Å². The predicted octanol–water partition coefficient (Wildman–Crippen LogP) is 1.42. The molecule has 23 heavy (non-hydrogen) atoms. The van der Waals surface area contributed by atoms with E-state index in [-0.39, 0.29) is 0 Å². The molecule has 1 unspecified atom stereocenters. The van der Waals surface area contributed by atoms with Gasteiger partial charge < -0.3 is 20.3 Å². The summed E-state index contributed by atoms with van der Waals surface area (Å²) in [6.07, 6.45) is -8.50. The van der Waals surface area contributed by atoms with Gasteiger partial charge in [0.15, 0.2) is 0 Å². The number of hydrogen-bond acceptors (Lipinski definition) is 3. The first-order valence-electron chi connectivity index (χ1n) is 6.22. The lowest BCUT2D eigenvalue weighted by Crippen LogP contribution is -2.48. The summed E-state index contributed by atoms with van der Waals surface area (Å²) < 4.78 is 75.9. The summed E-state index contributed by atoms with van der Waals surface area (Å²) in [5.41, 5.74) is -3.34. The minimum absolute atomic E-state index is 0.692. The van der Waals surface area contributed by atoms with Crippen molar-refractivity contribution in [3.05, 3.63) is 18.2 Å². The van der Waals surface area contributed by atoms with E-state index in [0.29, 0.717) is 0 Å². The van der Waals surface area contributed by atoms with Crippen molar-refractivity contribution in [2.24, 2.45) is 7.05 Å². The maximum atomic E-state index is 13.1. The van der Waals surface area contributed by atoms with Gasteiger partial charge in [0.2, 0.25) is 5.60 Å². The fourth-order valence-electron chi connectivity index (χ4n) is 1.74. The summed E-state index contributed by atoms with van der Waals surface area (Å²) in [6.45, 7) is -2.34. The van der Waals surface area contributed by atoms with Crippen molar-refractivity contribution < 1.29 is 36.2 Å². The van der Waals surface area contributed by atoms with Crippen LogP contribution in [-0.4, -0.2) is 46.1 Å². The van der Waals surface area contributed by atoms with E-state index in [2.05, 4.69) is 4.98 Å². The third-order valence-corrected chi connectivity index (χ3v) is 2.88. The highest BCUT2D eigenvalue weighted by molar-refractivity contribution is 5.73. The van der Waals surface area contributed by atoms with Crippen LogP contribution < -0.4 is 10.6 Å². The first-order valence-corrected chi connectivity index (χ1v) is 6.22. The molecule has 0 spiro atoms. The van der Waals surface area contributed by atoms with Crippen LogP contribution in [0, 0.1) is 0 Å². The molecule has 1 atom stereocenters. The molecule has 2 amide bonds. The number of alkyl halides is 6. The number of aromatic nitrogens is 2. The number of rotatable bonds is 5. The van der Waals surface area contributed by atoms with Gasteiger partial charge in [-0.05, 0) is 0 Å². The molecule has 6 nitrogen and oxygen atoms in total. The number of nitrogens with one attached hydrogen (secondary N) is 2. The van der Waals surface area contributed by atoms with Gasteiger partial charge in [0.05, 0.1) is 0 Å². The van der Waals surface area contributed by atoms with Gasteiger partial charge >= 0.3 is 18.4 Å². The molecular weight excluding hydrogens is 334 g/mol. The van der Waals surface area contributed by atoms with Gasteiger partial charge in [-0.2, -0.15) is 26.3 Å². The number of nitrogens with zero attached hydrogens (tertiary/aromatic N) is 2. The van der Waals surface area contributed by atoms with E-state index in [9.17, 15) is 36.2 Å². The first-order chi connectivity index (χ1) is 10.4. The highest BCUT2D eigenvalue weighted by Crippen LogP contribution is 2.40. The summed E-state index contributed by atoms with van der Waals surface area (Å²) in [7, 11) is 1.24. The van der Waals surface area contributed by atoms with Crippen LogP contribution in [0.1, 0.15) is 12.2 Å². The number of amides is 2. The van der Waals surface area contributed by atoms with Gasteiger partial charge in [0.1, 0.15) is 12.4 Å². The number of urea groups is 1. The smallest absolute Gasteiger partial charge is 0.374 e. The van der Waals surface area contributed by atoms with Crippen LogP contribution in [0.25, 0.3) is 0 Å². The summed E-state index contributed by atoms with van der Waals surface area (Å²) in [5.74, 6) is -0.692. The number of hydrogen-bond donors (Lipinski definition) is 3. The molecule has 0 aliphatic heterocycles. The van der Waals surface area contributed by atoms with Crippen molar-refractivity contribution in [1.29, 1.82) is 0 Å². The molecule has 132 valence electrons. The molecule has 0 bridgehead atoms. The van der Waals surface area contributed by atoms with Crippen LogP contribution in [0.4, 0.5) is 31.1 Å². The zero-order valence-electron chi connectivity index (χ0n) is 11.8. The molecular formula is C11H14F6N4O2. The fourth-order valence-corrected chi connectivity index (χ4v) is 1.74. The van der Waals surface area contributed by atoms with Crippen LogP contribution in [0.5, 0.6) is 0 Å². The Morgan fingerprint density at radius 1 is 1.26 bits per heavy atom. The normalized spacial score (nSPS) is 15.1. The Morgan fingerprint density at radius 2 is 1.87 bits per heavy atom. The summed E-state index contributed by atoms with van der Waals surface area (Å²) in [5, 5.41) is 13.2. The molecule has 0 saturated heterocycles. The Morgan fingerprint density at radius 3 is 2.30 bits per heavy atom. The maximum absolute atomic E-state index is 13.1. The maximum Gasteiger partial charge on any atom is 0.424 e. The third-order valence-electron chi connectivity index (χ3n) is 2.88. The average molecular weight is 348 g/mol. The highest BCUT2D eigenvalue weighted by atomic mass is 19.4. The second kappa shape index (κ2) is 6.64. The Balaban J connectivity index is 2.68. The quantitative estimate of drug-likeness (QED) is 0.704. The van der Waals surface area contributed by atoms with Crippen molar-refractivity contribution in [2.45, 2.75) is 24.4 Å². The van der Waals surface area contributed by atoms with Gasteiger partial charge in [-0.3, -0.25) is 0 Å². The molecule has 0 radical (unpaired) electrons. The Kier molecular flexibility index (Phi) is 5.51. The first kappa shape index (κ1) is 19.1. The molecule has 12 heteroatoms. The largest absolute Gasteiger partial charge is 0.424 e. The zero-order chi connectivity index (χ0) is 17.9. The predicted molar refractivity (Wildman–Crippen MR) is 65.2 cm³/mol. The van der Waals surface area contributed by atoms with E-state index in [1.165, 1.54) is 18.6 Å². The SMILES string of the molecule is Cn1ccnc1C(O)(CCNC(=O)NCC(F)(F)F)C(F)(F)F. The molecule has 1 heterocycles. The standard InChI is InChI=1S/C11H14F6N4O2/c1-21-5-4-18-7(21)9(23,11(15,16)17)2-3-19-8(22)20-6-10(12,13)14/h4-5,23H,2-3,6H2,1H3,(H2,19,20,22). The molecule has 1 rings (SSSR count). The third kappa shape index (κ3) is 5.01. The van der Waals surface area contributed by atoms with Crippen molar-refractivity contribution >= 4 is 6.03 Å². The van der Waals surface area contributed by atoms with E-state index >= 15 is 0 Å². The number of imidazole rings is 1. The van der Waals surface area contributed by atoms with Crippen molar-refractivity contribution in [2.75, 3.05) is 13.1 Å². The lowest BCUT2D eigenvalue weighted by molar-refractivity contribution is -0.272. The number of carbonyl (C=O) groups excluding carboxylic acids is 1.